The molecule has 0 aromatic carbocycles. The zero-order valence-electron chi connectivity index (χ0n) is 12.7. The van der Waals surface area contributed by atoms with Crippen LogP contribution in [-0.4, -0.2) is 17.5 Å². The number of hydrogen-bond donors (Lipinski definition) is 1. The van der Waals surface area contributed by atoms with Gasteiger partial charge in [-0.1, -0.05) is 41.0 Å². The van der Waals surface area contributed by atoms with Crippen molar-refractivity contribution in [1.82, 2.24) is 0 Å². The van der Waals surface area contributed by atoms with Crippen molar-refractivity contribution in [2.24, 2.45) is 29.1 Å². The van der Waals surface area contributed by atoms with E-state index in [4.69, 9.17) is 0 Å². The summed E-state index contributed by atoms with van der Waals surface area (Å²) in [5, 5.41) is 9.63. The summed E-state index contributed by atoms with van der Waals surface area (Å²) in [5.74, 6) is 2.14. The molecule has 5 unspecified atom stereocenters. The van der Waals surface area contributed by atoms with Gasteiger partial charge in [-0.3, -0.25) is 4.79 Å². The van der Waals surface area contributed by atoms with Crippen LogP contribution in [0.4, 0.5) is 0 Å². The van der Waals surface area contributed by atoms with E-state index >= 15 is 0 Å². The zero-order chi connectivity index (χ0) is 13.9. The topological polar surface area (TPSA) is 37.3 Å². The molecule has 0 aromatic rings. The summed E-state index contributed by atoms with van der Waals surface area (Å²) in [4.78, 5) is 11.8. The highest BCUT2D eigenvalue weighted by Crippen LogP contribution is 2.55. The van der Waals surface area contributed by atoms with Crippen LogP contribution in [0.2, 0.25) is 0 Å². The van der Waals surface area contributed by atoms with E-state index in [2.05, 4.69) is 20.8 Å². The van der Waals surface area contributed by atoms with Crippen molar-refractivity contribution in [2.75, 3.05) is 6.61 Å². The summed E-state index contributed by atoms with van der Waals surface area (Å²) in [6, 6.07) is 0. The normalized spacial score (nSPS) is 43.8. The van der Waals surface area contributed by atoms with Crippen molar-refractivity contribution in [1.29, 1.82) is 0 Å². The second kappa shape index (κ2) is 6.18. The Morgan fingerprint density at radius 3 is 2.44 bits per heavy atom. The first-order valence-corrected chi connectivity index (χ1v) is 7.64. The van der Waals surface area contributed by atoms with E-state index in [9.17, 15) is 9.90 Å². The van der Waals surface area contributed by atoms with Crippen LogP contribution in [0.25, 0.3) is 0 Å². The van der Waals surface area contributed by atoms with Gasteiger partial charge >= 0.3 is 0 Å². The van der Waals surface area contributed by atoms with Gasteiger partial charge in [0.2, 0.25) is 0 Å². The molecule has 0 saturated heterocycles. The van der Waals surface area contributed by atoms with Crippen molar-refractivity contribution < 1.29 is 9.90 Å². The maximum absolute atomic E-state index is 11.8. The van der Waals surface area contributed by atoms with Gasteiger partial charge in [0.05, 0.1) is 0 Å². The molecule has 0 aliphatic heterocycles. The summed E-state index contributed by atoms with van der Waals surface area (Å²) in [6.45, 7) is 10.9. The van der Waals surface area contributed by atoms with Crippen molar-refractivity contribution in [3.05, 3.63) is 0 Å². The molecular formula is C16H30O2. The molecule has 0 heterocycles. The van der Waals surface area contributed by atoms with E-state index in [0.29, 0.717) is 23.5 Å². The van der Waals surface area contributed by atoms with Crippen molar-refractivity contribution >= 4 is 5.78 Å². The predicted molar refractivity (Wildman–Crippen MR) is 75.3 cm³/mol. The van der Waals surface area contributed by atoms with Crippen molar-refractivity contribution in [3.63, 3.8) is 0 Å². The van der Waals surface area contributed by atoms with Gasteiger partial charge in [-0.2, -0.15) is 0 Å². The van der Waals surface area contributed by atoms with Crippen LogP contribution in [0, 0.1) is 29.1 Å². The third-order valence-corrected chi connectivity index (χ3v) is 5.53. The van der Waals surface area contributed by atoms with Crippen LogP contribution in [-0.2, 0) is 4.79 Å². The molecule has 2 rings (SSSR count). The molecule has 2 aliphatic rings. The maximum atomic E-state index is 11.8. The van der Waals surface area contributed by atoms with E-state index < -0.39 is 0 Å². The molecule has 0 aromatic heterocycles. The van der Waals surface area contributed by atoms with Gasteiger partial charge in [0, 0.05) is 18.9 Å². The Kier molecular flexibility index (Phi) is 5.39. The highest BCUT2D eigenvalue weighted by Gasteiger charge is 2.51. The van der Waals surface area contributed by atoms with Crippen molar-refractivity contribution in [3.8, 4) is 0 Å². The van der Waals surface area contributed by atoms with Gasteiger partial charge in [0.25, 0.3) is 0 Å². The third-order valence-electron chi connectivity index (χ3n) is 5.53. The summed E-state index contributed by atoms with van der Waals surface area (Å²) >= 11 is 0. The smallest absolute Gasteiger partial charge is 0.136 e. The minimum absolute atomic E-state index is 0.194. The Bertz CT molecular complexity index is 287. The lowest BCUT2D eigenvalue weighted by Crippen LogP contribution is -2.51. The van der Waals surface area contributed by atoms with Crippen LogP contribution < -0.4 is 0 Å². The molecule has 106 valence electrons. The maximum Gasteiger partial charge on any atom is 0.136 e. The standard InChI is InChI=1S/C14H24O2.C2H6/c1-9-4-5-11-10(2)13(16)6-7-14(11,3)12(9)8-15;1-2/h9-12,15H,4-8H2,1-3H3;1-2H3. The second-order valence-electron chi connectivity index (χ2n) is 6.21. The monoisotopic (exact) mass is 254 g/mol. The number of ketones is 1. The summed E-state index contributed by atoms with van der Waals surface area (Å²) in [7, 11) is 0. The lowest BCUT2D eigenvalue weighted by atomic mass is 9.50. The first-order chi connectivity index (χ1) is 8.50. The van der Waals surface area contributed by atoms with Gasteiger partial charge in [0.15, 0.2) is 0 Å². The summed E-state index contributed by atoms with van der Waals surface area (Å²) < 4.78 is 0. The largest absolute Gasteiger partial charge is 0.396 e. The number of carbonyl (C=O) groups excluding carboxylic acids is 1. The SMILES string of the molecule is CC.CC1CCC2C(C)C(=O)CCC2(C)C1CO. The first-order valence-electron chi connectivity index (χ1n) is 7.64. The lowest BCUT2D eigenvalue weighted by Gasteiger charge is -2.54. The van der Waals surface area contributed by atoms with E-state index in [1.165, 1.54) is 12.8 Å². The lowest BCUT2D eigenvalue weighted by molar-refractivity contribution is -0.140. The molecule has 0 amide bonds. The fourth-order valence-corrected chi connectivity index (χ4v) is 4.32. The number of hydrogen-bond acceptors (Lipinski definition) is 2. The summed E-state index contributed by atoms with van der Waals surface area (Å²) in [6.07, 6.45) is 4.04. The molecule has 1 N–H and O–H groups in total. The quantitative estimate of drug-likeness (QED) is 0.775. The fourth-order valence-electron chi connectivity index (χ4n) is 4.32. The Hall–Kier alpha value is -0.370. The minimum Gasteiger partial charge on any atom is -0.396 e. The van der Waals surface area contributed by atoms with Gasteiger partial charge in [-0.15, -0.1) is 0 Å². The molecule has 0 spiro atoms. The van der Waals surface area contributed by atoms with Gasteiger partial charge in [-0.05, 0) is 36.0 Å². The van der Waals surface area contributed by atoms with E-state index in [0.717, 1.165) is 12.8 Å². The van der Waals surface area contributed by atoms with E-state index in [1.807, 2.05) is 13.8 Å². The van der Waals surface area contributed by atoms with Crippen LogP contribution in [0.15, 0.2) is 0 Å². The predicted octanol–water partition coefficient (Wildman–Crippen LogP) is 3.67. The number of Topliss-reactive ketones (excluding diaryl/α,β-unsaturated/α-hetero) is 1. The second-order valence-corrected chi connectivity index (χ2v) is 6.21. The molecule has 2 nitrogen and oxygen atoms in total. The Morgan fingerprint density at radius 1 is 1.28 bits per heavy atom. The number of fused-ring (bicyclic) bond motifs is 1. The number of rotatable bonds is 1. The molecular weight excluding hydrogens is 224 g/mol. The number of aliphatic hydroxyl groups excluding tert-OH is 1. The molecule has 0 bridgehead atoms. The molecule has 2 aliphatic carbocycles. The average Bonchev–Trinajstić information content (AvgIpc) is 2.37. The fraction of sp³-hybridized carbons (Fsp3) is 0.938. The Morgan fingerprint density at radius 2 is 1.89 bits per heavy atom. The van der Waals surface area contributed by atoms with Crippen LogP contribution in [0.5, 0.6) is 0 Å². The molecule has 2 fully saturated rings. The Labute approximate surface area is 112 Å². The average molecular weight is 254 g/mol. The molecule has 5 atom stereocenters. The van der Waals surface area contributed by atoms with Crippen LogP contribution in [0.1, 0.15) is 60.3 Å². The zero-order valence-corrected chi connectivity index (χ0v) is 12.7. The molecule has 2 saturated carbocycles. The van der Waals surface area contributed by atoms with Gasteiger partial charge in [0.1, 0.15) is 5.78 Å². The molecule has 0 radical (unpaired) electrons. The van der Waals surface area contributed by atoms with Crippen molar-refractivity contribution in [2.45, 2.75) is 60.3 Å². The van der Waals surface area contributed by atoms with Gasteiger partial charge in [-0.25, -0.2) is 0 Å². The minimum atomic E-state index is 0.194. The summed E-state index contributed by atoms with van der Waals surface area (Å²) in [5.41, 5.74) is 0.194. The molecule has 18 heavy (non-hydrogen) atoms. The molecule has 2 heteroatoms. The number of carbonyl (C=O) groups is 1. The number of aliphatic hydroxyl groups is 1. The highest BCUT2D eigenvalue weighted by molar-refractivity contribution is 5.82. The highest BCUT2D eigenvalue weighted by atomic mass is 16.3. The third kappa shape index (κ3) is 2.49. The Balaban J connectivity index is 0.000000771. The van der Waals surface area contributed by atoms with Gasteiger partial charge < -0.3 is 5.11 Å². The first kappa shape index (κ1) is 15.7. The van der Waals surface area contributed by atoms with Crippen LogP contribution in [0.3, 0.4) is 0 Å². The van der Waals surface area contributed by atoms with E-state index in [1.54, 1.807) is 0 Å². The van der Waals surface area contributed by atoms with E-state index in [-0.39, 0.29) is 17.9 Å². The van der Waals surface area contributed by atoms with Crippen LogP contribution >= 0.6 is 0 Å².